The molecule has 2 aromatic heterocycles. The highest BCUT2D eigenvalue weighted by Crippen LogP contribution is 2.27. The molecule has 4 rings (SSSR count). The summed E-state index contributed by atoms with van der Waals surface area (Å²) in [5, 5.41) is 13.4. The van der Waals surface area contributed by atoms with Gasteiger partial charge in [-0.05, 0) is 26.0 Å². The zero-order valence-corrected chi connectivity index (χ0v) is 21.2. The van der Waals surface area contributed by atoms with Gasteiger partial charge in [0.15, 0.2) is 20.1 Å². The third-order valence-corrected chi connectivity index (χ3v) is 8.60. The molecule has 1 N–H and O–H groups in total. The summed E-state index contributed by atoms with van der Waals surface area (Å²) in [7, 11) is -1.87. The fraction of sp³-hybridized carbons (Fsp3) is 0.217. The van der Waals surface area contributed by atoms with E-state index in [1.54, 1.807) is 42.8 Å². The number of nitrogens with zero attached hydrogens (tertiary/aromatic N) is 4. The van der Waals surface area contributed by atoms with E-state index in [9.17, 15) is 13.2 Å². The van der Waals surface area contributed by atoms with Gasteiger partial charge in [0.05, 0.1) is 15.8 Å². The van der Waals surface area contributed by atoms with Crippen molar-refractivity contribution in [2.45, 2.75) is 34.9 Å². The Labute approximate surface area is 206 Å². The molecule has 0 saturated carbocycles. The molecular weight excluding hydrogens is 490 g/mol. The molecule has 34 heavy (non-hydrogen) atoms. The fourth-order valence-corrected chi connectivity index (χ4v) is 5.93. The predicted molar refractivity (Wildman–Crippen MR) is 135 cm³/mol. The molecule has 8 nitrogen and oxygen atoms in total. The normalized spacial score (nSPS) is 12.4. The standard InChI is InChI=1S/C23H23N5O3S3/c1-15-9-11-18(12-10-15)34(30,31)14-20-26-27-23(28(20)3)33-16(2)21(29)25-22-24-19(13-32-22)17-7-5-4-6-8-17/h4-13,16H,14H2,1-3H3,(H,24,25,29). The molecule has 1 amide bonds. The molecule has 2 heterocycles. The Bertz CT molecular complexity index is 1400. The lowest BCUT2D eigenvalue weighted by atomic mass is 10.2. The van der Waals surface area contributed by atoms with Crippen molar-refractivity contribution in [1.82, 2.24) is 19.7 Å². The first kappa shape index (κ1) is 24.1. The van der Waals surface area contributed by atoms with Crippen LogP contribution in [-0.4, -0.2) is 39.3 Å². The van der Waals surface area contributed by atoms with Gasteiger partial charge in [-0.1, -0.05) is 59.8 Å². The number of aromatic nitrogens is 4. The van der Waals surface area contributed by atoms with E-state index in [2.05, 4.69) is 20.5 Å². The lowest BCUT2D eigenvalue weighted by Crippen LogP contribution is -2.22. The van der Waals surface area contributed by atoms with Crippen molar-refractivity contribution in [2.24, 2.45) is 7.05 Å². The van der Waals surface area contributed by atoms with Crippen molar-refractivity contribution >= 4 is 44.0 Å². The largest absolute Gasteiger partial charge is 0.308 e. The van der Waals surface area contributed by atoms with E-state index < -0.39 is 15.1 Å². The molecule has 0 aliphatic heterocycles. The number of rotatable bonds is 8. The molecule has 176 valence electrons. The molecule has 0 bridgehead atoms. The number of carbonyl (C=O) groups excluding carboxylic acids is 1. The Kier molecular flexibility index (Phi) is 7.15. The number of sulfone groups is 1. The van der Waals surface area contributed by atoms with Crippen LogP contribution in [0, 0.1) is 6.92 Å². The summed E-state index contributed by atoms with van der Waals surface area (Å²) < 4.78 is 27.1. The van der Waals surface area contributed by atoms with Crippen LogP contribution < -0.4 is 5.32 Å². The quantitative estimate of drug-likeness (QED) is 0.349. The smallest absolute Gasteiger partial charge is 0.239 e. The maximum Gasteiger partial charge on any atom is 0.239 e. The van der Waals surface area contributed by atoms with Gasteiger partial charge in [-0.3, -0.25) is 4.79 Å². The van der Waals surface area contributed by atoms with Crippen molar-refractivity contribution in [3.8, 4) is 11.3 Å². The van der Waals surface area contributed by atoms with Crippen molar-refractivity contribution in [2.75, 3.05) is 5.32 Å². The zero-order chi connectivity index (χ0) is 24.3. The summed E-state index contributed by atoms with van der Waals surface area (Å²) in [6.45, 7) is 3.65. The van der Waals surface area contributed by atoms with Crippen molar-refractivity contribution in [3.63, 3.8) is 0 Å². The summed E-state index contributed by atoms with van der Waals surface area (Å²) in [4.78, 5) is 17.4. The van der Waals surface area contributed by atoms with Crippen LogP contribution in [0.2, 0.25) is 0 Å². The molecule has 2 aromatic carbocycles. The summed E-state index contributed by atoms with van der Waals surface area (Å²) in [6, 6.07) is 16.4. The highest BCUT2D eigenvalue weighted by molar-refractivity contribution is 8.00. The number of amides is 1. The van der Waals surface area contributed by atoms with Gasteiger partial charge in [0, 0.05) is 18.0 Å². The van der Waals surface area contributed by atoms with Crippen LogP contribution in [-0.2, 0) is 27.4 Å². The molecule has 4 aromatic rings. The van der Waals surface area contributed by atoms with Crippen LogP contribution in [0.3, 0.4) is 0 Å². The fourth-order valence-electron chi connectivity index (χ4n) is 3.06. The van der Waals surface area contributed by atoms with Crippen LogP contribution in [0.15, 0.2) is 70.0 Å². The zero-order valence-electron chi connectivity index (χ0n) is 18.8. The molecule has 0 saturated heterocycles. The summed E-state index contributed by atoms with van der Waals surface area (Å²) >= 11 is 2.56. The van der Waals surface area contributed by atoms with Gasteiger partial charge < -0.3 is 9.88 Å². The van der Waals surface area contributed by atoms with Gasteiger partial charge in [0.25, 0.3) is 0 Å². The second-order valence-corrected chi connectivity index (χ2v) is 11.8. The Morgan fingerprint density at radius 1 is 1.12 bits per heavy atom. The number of aryl methyl sites for hydroxylation is 1. The number of hydrogen-bond acceptors (Lipinski definition) is 8. The number of carbonyl (C=O) groups is 1. The number of hydrogen-bond donors (Lipinski definition) is 1. The van der Waals surface area contributed by atoms with Gasteiger partial charge in [0.1, 0.15) is 11.6 Å². The van der Waals surface area contributed by atoms with Gasteiger partial charge in [-0.2, -0.15) is 0 Å². The minimum Gasteiger partial charge on any atom is -0.308 e. The number of nitrogens with one attached hydrogen (secondary N) is 1. The molecular formula is C23H23N5O3S3. The average molecular weight is 514 g/mol. The van der Waals surface area contributed by atoms with Crippen LogP contribution >= 0.6 is 23.1 Å². The van der Waals surface area contributed by atoms with Gasteiger partial charge in [-0.25, -0.2) is 13.4 Å². The van der Waals surface area contributed by atoms with E-state index in [4.69, 9.17) is 0 Å². The molecule has 0 aliphatic rings. The minimum atomic E-state index is -3.56. The van der Waals surface area contributed by atoms with Gasteiger partial charge in [-0.15, -0.1) is 21.5 Å². The lowest BCUT2D eigenvalue weighted by molar-refractivity contribution is -0.115. The van der Waals surface area contributed by atoms with Gasteiger partial charge >= 0.3 is 0 Å². The van der Waals surface area contributed by atoms with Crippen molar-refractivity contribution in [3.05, 3.63) is 71.4 Å². The van der Waals surface area contributed by atoms with Crippen molar-refractivity contribution in [1.29, 1.82) is 0 Å². The summed E-state index contributed by atoms with van der Waals surface area (Å²) in [6.07, 6.45) is 0. The number of benzene rings is 2. The Hall–Kier alpha value is -3.02. The van der Waals surface area contributed by atoms with E-state index in [1.165, 1.54) is 23.1 Å². The second-order valence-electron chi connectivity index (χ2n) is 7.68. The first-order valence-electron chi connectivity index (χ1n) is 10.4. The Morgan fingerprint density at radius 3 is 2.53 bits per heavy atom. The third-order valence-electron chi connectivity index (χ3n) is 5.08. The number of anilines is 1. The minimum absolute atomic E-state index is 0.226. The molecule has 1 atom stereocenters. The monoisotopic (exact) mass is 513 g/mol. The number of thiazole rings is 1. The Balaban J connectivity index is 1.40. The second kappa shape index (κ2) is 10.1. The Morgan fingerprint density at radius 2 is 1.82 bits per heavy atom. The topological polar surface area (TPSA) is 107 Å². The molecule has 11 heteroatoms. The van der Waals surface area contributed by atoms with Crippen LogP contribution in [0.25, 0.3) is 11.3 Å². The SMILES string of the molecule is Cc1ccc(S(=O)(=O)Cc2nnc(SC(C)C(=O)Nc3nc(-c4ccccc4)cs3)n2C)cc1. The maximum absolute atomic E-state index is 12.8. The summed E-state index contributed by atoms with van der Waals surface area (Å²) in [5.74, 6) is -0.193. The number of thioether (sulfide) groups is 1. The first-order chi connectivity index (χ1) is 16.2. The molecule has 0 radical (unpaired) electrons. The third kappa shape index (κ3) is 5.54. The highest BCUT2D eigenvalue weighted by Gasteiger charge is 2.23. The van der Waals surface area contributed by atoms with Crippen LogP contribution in [0.4, 0.5) is 5.13 Å². The van der Waals surface area contributed by atoms with Crippen LogP contribution in [0.1, 0.15) is 18.3 Å². The van der Waals surface area contributed by atoms with E-state index in [-0.39, 0.29) is 16.6 Å². The van der Waals surface area contributed by atoms with Crippen molar-refractivity contribution < 1.29 is 13.2 Å². The molecule has 0 spiro atoms. The maximum atomic E-state index is 12.8. The molecule has 0 fully saturated rings. The average Bonchev–Trinajstić information content (AvgIpc) is 3.42. The highest BCUT2D eigenvalue weighted by atomic mass is 32.2. The van der Waals surface area contributed by atoms with E-state index in [0.717, 1.165) is 16.8 Å². The predicted octanol–water partition coefficient (Wildman–Crippen LogP) is 4.34. The van der Waals surface area contributed by atoms with Gasteiger partial charge in [0.2, 0.25) is 5.91 Å². The first-order valence-corrected chi connectivity index (χ1v) is 13.8. The lowest BCUT2D eigenvalue weighted by Gasteiger charge is -2.10. The van der Waals surface area contributed by atoms with Crippen LogP contribution in [0.5, 0.6) is 0 Å². The summed E-state index contributed by atoms with van der Waals surface area (Å²) in [5.41, 5.74) is 2.76. The van der Waals surface area contributed by atoms with E-state index >= 15 is 0 Å². The molecule has 1 unspecified atom stereocenters. The van der Waals surface area contributed by atoms with E-state index in [0.29, 0.717) is 16.1 Å². The van der Waals surface area contributed by atoms with E-state index in [1.807, 2.05) is 42.6 Å². The molecule has 0 aliphatic carbocycles.